The lowest BCUT2D eigenvalue weighted by Gasteiger charge is -2.11. The molecule has 0 unspecified atom stereocenters. The van der Waals surface area contributed by atoms with Crippen molar-refractivity contribution in [2.24, 2.45) is 0 Å². The number of pyridine rings is 1. The molecular weight excluding hydrogens is 290 g/mol. The number of methoxy groups -OCH3 is 1. The maximum atomic E-state index is 12.1. The monoisotopic (exact) mass is 313 g/mol. The van der Waals surface area contributed by atoms with Gasteiger partial charge in [-0.05, 0) is 25.8 Å². The van der Waals surface area contributed by atoms with Gasteiger partial charge in [0.2, 0.25) is 0 Å². The van der Waals surface area contributed by atoms with E-state index < -0.39 is 5.97 Å². The zero-order valence-electron chi connectivity index (χ0n) is 14.1. The molecule has 0 saturated heterocycles. The van der Waals surface area contributed by atoms with Gasteiger partial charge in [-0.1, -0.05) is 37.6 Å². The van der Waals surface area contributed by atoms with Crippen LogP contribution < -0.4 is 4.74 Å². The van der Waals surface area contributed by atoms with Gasteiger partial charge in [-0.25, -0.2) is 9.78 Å². The van der Waals surface area contributed by atoms with Crippen molar-refractivity contribution in [3.8, 4) is 17.0 Å². The molecule has 0 aliphatic rings. The predicted octanol–water partition coefficient (Wildman–Crippen LogP) is 4.27. The zero-order valence-corrected chi connectivity index (χ0v) is 14.1. The fraction of sp³-hybridized carbons (Fsp3) is 0.368. The van der Waals surface area contributed by atoms with Gasteiger partial charge in [-0.2, -0.15) is 0 Å². The summed E-state index contributed by atoms with van der Waals surface area (Å²) in [6, 6.07) is 11.6. The second kappa shape index (κ2) is 7.77. The van der Waals surface area contributed by atoms with Crippen molar-refractivity contribution in [1.29, 1.82) is 0 Å². The third-order valence-corrected chi connectivity index (χ3v) is 3.37. The fourth-order valence-electron chi connectivity index (χ4n) is 2.28. The Morgan fingerprint density at radius 2 is 1.87 bits per heavy atom. The highest BCUT2D eigenvalue weighted by Gasteiger charge is 2.14. The molecule has 0 N–H and O–H groups in total. The molecule has 1 aromatic heterocycles. The van der Waals surface area contributed by atoms with Gasteiger partial charge in [0.05, 0.1) is 18.9 Å². The first kappa shape index (κ1) is 17.0. The van der Waals surface area contributed by atoms with Crippen molar-refractivity contribution < 1.29 is 14.3 Å². The summed E-state index contributed by atoms with van der Waals surface area (Å²) < 4.78 is 10.5. The standard InChI is InChI=1S/C19H23NO3/c1-5-6-14-7-9-15(10-8-14)17-11-16(22-4)12-18(20-17)19(21)23-13(2)3/h7-13H,5-6H2,1-4H3. The molecule has 23 heavy (non-hydrogen) atoms. The second-order valence-electron chi connectivity index (χ2n) is 5.68. The van der Waals surface area contributed by atoms with Crippen molar-refractivity contribution >= 4 is 5.97 Å². The van der Waals surface area contributed by atoms with E-state index in [1.807, 2.05) is 32.0 Å². The number of benzene rings is 1. The molecule has 122 valence electrons. The zero-order chi connectivity index (χ0) is 16.8. The molecule has 0 aliphatic heterocycles. The summed E-state index contributed by atoms with van der Waals surface area (Å²) in [7, 11) is 1.57. The number of rotatable bonds is 6. The van der Waals surface area contributed by atoms with Crippen LogP contribution in [0.15, 0.2) is 36.4 Å². The van der Waals surface area contributed by atoms with E-state index in [2.05, 4.69) is 24.0 Å². The maximum absolute atomic E-state index is 12.1. The first-order valence-corrected chi connectivity index (χ1v) is 7.89. The number of hydrogen-bond donors (Lipinski definition) is 0. The largest absolute Gasteiger partial charge is 0.497 e. The summed E-state index contributed by atoms with van der Waals surface area (Å²) in [5, 5.41) is 0. The summed E-state index contributed by atoms with van der Waals surface area (Å²) in [6.07, 6.45) is 1.98. The molecule has 4 nitrogen and oxygen atoms in total. The lowest BCUT2D eigenvalue weighted by molar-refractivity contribution is 0.0370. The van der Waals surface area contributed by atoms with E-state index in [0.717, 1.165) is 18.4 Å². The van der Waals surface area contributed by atoms with Crippen molar-refractivity contribution in [2.75, 3.05) is 7.11 Å². The van der Waals surface area contributed by atoms with Gasteiger partial charge in [-0.15, -0.1) is 0 Å². The number of hydrogen-bond acceptors (Lipinski definition) is 4. The summed E-state index contributed by atoms with van der Waals surface area (Å²) >= 11 is 0. The Morgan fingerprint density at radius 3 is 2.43 bits per heavy atom. The molecule has 0 atom stereocenters. The Bertz CT molecular complexity index is 663. The highest BCUT2D eigenvalue weighted by Crippen LogP contribution is 2.24. The van der Waals surface area contributed by atoms with Crippen molar-refractivity contribution in [1.82, 2.24) is 4.98 Å². The summed E-state index contributed by atoms with van der Waals surface area (Å²) in [5.41, 5.74) is 3.19. The van der Waals surface area contributed by atoms with Crippen LogP contribution in [-0.4, -0.2) is 24.2 Å². The SMILES string of the molecule is CCCc1ccc(-c2cc(OC)cc(C(=O)OC(C)C)n2)cc1. The third kappa shape index (κ3) is 4.55. The Morgan fingerprint density at radius 1 is 1.17 bits per heavy atom. The average molecular weight is 313 g/mol. The van der Waals surface area contributed by atoms with Crippen molar-refractivity contribution in [3.05, 3.63) is 47.7 Å². The molecule has 2 rings (SSSR count). The van der Waals surface area contributed by atoms with Crippen LogP contribution in [0.5, 0.6) is 5.75 Å². The first-order chi connectivity index (χ1) is 11.0. The molecule has 4 heteroatoms. The lowest BCUT2D eigenvalue weighted by atomic mass is 10.1. The van der Waals surface area contributed by atoms with E-state index >= 15 is 0 Å². The van der Waals surface area contributed by atoms with E-state index in [1.165, 1.54) is 5.56 Å². The van der Waals surface area contributed by atoms with Gasteiger partial charge < -0.3 is 9.47 Å². The fourth-order valence-corrected chi connectivity index (χ4v) is 2.28. The predicted molar refractivity (Wildman–Crippen MR) is 90.8 cm³/mol. The normalized spacial score (nSPS) is 10.7. The van der Waals surface area contributed by atoms with Crippen molar-refractivity contribution in [2.45, 2.75) is 39.7 Å². The van der Waals surface area contributed by atoms with Crippen LogP contribution in [0.4, 0.5) is 0 Å². The van der Waals surface area contributed by atoms with Crippen LogP contribution in [0.1, 0.15) is 43.2 Å². The molecule has 0 aliphatic carbocycles. The van der Waals surface area contributed by atoms with Crippen LogP contribution in [-0.2, 0) is 11.2 Å². The molecular formula is C19H23NO3. The number of nitrogens with zero attached hydrogens (tertiary/aromatic N) is 1. The Hall–Kier alpha value is -2.36. The lowest BCUT2D eigenvalue weighted by Crippen LogP contribution is -2.13. The molecule has 0 radical (unpaired) electrons. The minimum Gasteiger partial charge on any atom is -0.497 e. The Kier molecular flexibility index (Phi) is 5.74. The van der Waals surface area contributed by atoms with E-state index in [-0.39, 0.29) is 11.8 Å². The number of ether oxygens (including phenoxy) is 2. The number of aryl methyl sites for hydroxylation is 1. The minimum absolute atomic E-state index is 0.188. The van der Waals surface area contributed by atoms with Gasteiger partial charge >= 0.3 is 5.97 Å². The molecule has 1 aromatic carbocycles. The molecule has 0 bridgehead atoms. The number of esters is 1. The molecule has 0 amide bonds. The van der Waals surface area contributed by atoms with Gasteiger partial charge in [0.25, 0.3) is 0 Å². The smallest absolute Gasteiger partial charge is 0.357 e. The van der Waals surface area contributed by atoms with Gasteiger partial charge in [0.15, 0.2) is 5.69 Å². The number of carbonyl (C=O) groups is 1. The number of carbonyl (C=O) groups excluding carboxylic acids is 1. The Balaban J connectivity index is 2.35. The first-order valence-electron chi connectivity index (χ1n) is 7.89. The third-order valence-electron chi connectivity index (χ3n) is 3.37. The quantitative estimate of drug-likeness (QED) is 0.747. The van der Waals surface area contributed by atoms with E-state index in [9.17, 15) is 4.79 Å². The Labute approximate surface area is 137 Å². The molecule has 0 fully saturated rings. The van der Waals surface area contributed by atoms with Crippen molar-refractivity contribution in [3.63, 3.8) is 0 Å². The van der Waals surface area contributed by atoms with Gasteiger partial charge in [-0.3, -0.25) is 0 Å². The topological polar surface area (TPSA) is 48.4 Å². The van der Waals surface area contributed by atoms with Crippen LogP contribution in [0.3, 0.4) is 0 Å². The van der Waals surface area contributed by atoms with Crippen LogP contribution >= 0.6 is 0 Å². The average Bonchev–Trinajstić information content (AvgIpc) is 2.54. The maximum Gasteiger partial charge on any atom is 0.357 e. The molecule has 0 saturated carbocycles. The highest BCUT2D eigenvalue weighted by molar-refractivity contribution is 5.88. The molecule has 0 spiro atoms. The van der Waals surface area contributed by atoms with E-state index in [4.69, 9.17) is 9.47 Å². The highest BCUT2D eigenvalue weighted by atomic mass is 16.5. The minimum atomic E-state index is -0.442. The van der Waals surface area contributed by atoms with E-state index in [0.29, 0.717) is 11.4 Å². The van der Waals surface area contributed by atoms with Crippen LogP contribution in [0, 0.1) is 0 Å². The summed E-state index contributed by atoms with van der Waals surface area (Å²) in [4.78, 5) is 16.5. The number of aromatic nitrogens is 1. The van der Waals surface area contributed by atoms with Gasteiger partial charge in [0, 0.05) is 17.7 Å². The van der Waals surface area contributed by atoms with Crippen LogP contribution in [0.25, 0.3) is 11.3 Å². The van der Waals surface area contributed by atoms with E-state index in [1.54, 1.807) is 13.2 Å². The molecule has 2 aromatic rings. The summed E-state index contributed by atoms with van der Waals surface area (Å²) in [5.74, 6) is 0.145. The van der Waals surface area contributed by atoms with Gasteiger partial charge in [0.1, 0.15) is 5.75 Å². The van der Waals surface area contributed by atoms with Crippen LogP contribution in [0.2, 0.25) is 0 Å². The molecule has 1 heterocycles. The summed E-state index contributed by atoms with van der Waals surface area (Å²) in [6.45, 7) is 5.78. The second-order valence-corrected chi connectivity index (χ2v) is 5.68.